The molecule has 3 N–H and O–H groups in total. The lowest BCUT2D eigenvalue weighted by Gasteiger charge is -2.17. The molecular formula is C9H18N2. The molecule has 2 heteroatoms. The highest BCUT2D eigenvalue weighted by Gasteiger charge is 2.05. The maximum absolute atomic E-state index is 5.39. The van der Waals surface area contributed by atoms with Crippen LogP contribution in [0.2, 0.25) is 0 Å². The minimum Gasteiger partial charge on any atom is -0.330 e. The van der Waals surface area contributed by atoms with Crippen LogP contribution in [0.15, 0.2) is 12.2 Å². The molecule has 0 aromatic carbocycles. The Morgan fingerprint density at radius 2 is 2.45 bits per heavy atom. The van der Waals surface area contributed by atoms with E-state index in [1.54, 1.807) is 0 Å². The molecule has 1 atom stereocenters. The van der Waals surface area contributed by atoms with Crippen LogP contribution in [0.25, 0.3) is 0 Å². The van der Waals surface area contributed by atoms with Crippen LogP contribution in [0, 0.1) is 0 Å². The van der Waals surface area contributed by atoms with Gasteiger partial charge in [0.15, 0.2) is 0 Å². The molecule has 0 saturated carbocycles. The van der Waals surface area contributed by atoms with Crippen LogP contribution in [0.4, 0.5) is 0 Å². The summed E-state index contributed by atoms with van der Waals surface area (Å²) in [6.45, 7) is 1.86. The zero-order chi connectivity index (χ0) is 7.94. The SMILES string of the molecule is NCCCNC1C=CCCC1. The Morgan fingerprint density at radius 1 is 1.55 bits per heavy atom. The molecule has 11 heavy (non-hydrogen) atoms. The Bertz CT molecular complexity index is 121. The van der Waals surface area contributed by atoms with E-state index in [1.807, 2.05) is 0 Å². The monoisotopic (exact) mass is 154 g/mol. The fraction of sp³-hybridized carbons (Fsp3) is 0.778. The predicted molar refractivity (Wildman–Crippen MR) is 48.5 cm³/mol. The van der Waals surface area contributed by atoms with Gasteiger partial charge in [0.1, 0.15) is 0 Å². The third kappa shape index (κ3) is 3.54. The van der Waals surface area contributed by atoms with Gasteiger partial charge in [-0.2, -0.15) is 0 Å². The van der Waals surface area contributed by atoms with Crippen LogP contribution in [-0.4, -0.2) is 19.1 Å². The highest BCUT2D eigenvalue weighted by Crippen LogP contribution is 2.09. The smallest absolute Gasteiger partial charge is 0.0250 e. The largest absolute Gasteiger partial charge is 0.330 e. The maximum atomic E-state index is 5.39. The average molecular weight is 154 g/mol. The van der Waals surface area contributed by atoms with Crippen molar-refractivity contribution in [2.24, 2.45) is 5.73 Å². The van der Waals surface area contributed by atoms with Crippen molar-refractivity contribution >= 4 is 0 Å². The molecule has 1 rings (SSSR count). The van der Waals surface area contributed by atoms with Gasteiger partial charge in [-0.25, -0.2) is 0 Å². The minimum atomic E-state index is 0.621. The summed E-state index contributed by atoms with van der Waals surface area (Å²) < 4.78 is 0. The molecule has 64 valence electrons. The molecule has 0 aromatic heterocycles. The molecule has 0 saturated heterocycles. The summed E-state index contributed by atoms with van der Waals surface area (Å²) in [4.78, 5) is 0. The van der Waals surface area contributed by atoms with E-state index in [1.165, 1.54) is 19.3 Å². The third-order valence-corrected chi connectivity index (χ3v) is 2.04. The second-order valence-corrected chi connectivity index (χ2v) is 3.06. The van der Waals surface area contributed by atoms with Crippen molar-refractivity contribution in [3.63, 3.8) is 0 Å². The second-order valence-electron chi connectivity index (χ2n) is 3.06. The number of nitrogens with one attached hydrogen (secondary N) is 1. The van der Waals surface area contributed by atoms with Gasteiger partial charge in [0.05, 0.1) is 0 Å². The van der Waals surface area contributed by atoms with Crippen LogP contribution < -0.4 is 11.1 Å². The highest BCUT2D eigenvalue weighted by molar-refractivity contribution is 4.97. The first-order valence-corrected chi connectivity index (χ1v) is 4.53. The highest BCUT2D eigenvalue weighted by atomic mass is 14.9. The van der Waals surface area contributed by atoms with Crippen molar-refractivity contribution in [2.75, 3.05) is 13.1 Å². The first-order chi connectivity index (χ1) is 5.43. The van der Waals surface area contributed by atoms with Gasteiger partial charge in [0.2, 0.25) is 0 Å². The molecule has 0 aliphatic heterocycles. The molecule has 0 fully saturated rings. The van der Waals surface area contributed by atoms with E-state index in [0.29, 0.717) is 6.04 Å². The van der Waals surface area contributed by atoms with E-state index in [9.17, 15) is 0 Å². The summed E-state index contributed by atoms with van der Waals surface area (Å²) in [5, 5.41) is 3.46. The first-order valence-electron chi connectivity index (χ1n) is 4.53. The van der Waals surface area contributed by atoms with E-state index in [-0.39, 0.29) is 0 Å². The molecule has 1 aliphatic rings. The molecule has 0 radical (unpaired) electrons. The predicted octanol–water partition coefficient (Wildman–Crippen LogP) is 1.03. The number of allylic oxidation sites excluding steroid dienone is 1. The van der Waals surface area contributed by atoms with Crippen LogP contribution in [0.3, 0.4) is 0 Å². The molecule has 0 bridgehead atoms. The van der Waals surface area contributed by atoms with Crippen molar-refractivity contribution in [3.05, 3.63) is 12.2 Å². The second kappa shape index (κ2) is 5.33. The zero-order valence-corrected chi connectivity index (χ0v) is 7.05. The quantitative estimate of drug-likeness (QED) is 0.469. The zero-order valence-electron chi connectivity index (χ0n) is 7.05. The summed E-state index contributed by atoms with van der Waals surface area (Å²) in [6.07, 6.45) is 9.51. The normalized spacial score (nSPS) is 23.9. The topological polar surface area (TPSA) is 38.0 Å². The van der Waals surface area contributed by atoms with Crippen LogP contribution in [0.5, 0.6) is 0 Å². The van der Waals surface area contributed by atoms with Gasteiger partial charge in [-0.1, -0.05) is 12.2 Å². The van der Waals surface area contributed by atoms with Crippen molar-refractivity contribution in [2.45, 2.75) is 31.7 Å². The summed E-state index contributed by atoms with van der Waals surface area (Å²) >= 11 is 0. The van der Waals surface area contributed by atoms with Gasteiger partial charge < -0.3 is 11.1 Å². The maximum Gasteiger partial charge on any atom is 0.0250 e. The van der Waals surface area contributed by atoms with E-state index < -0.39 is 0 Å². The Kier molecular flexibility index (Phi) is 4.24. The van der Waals surface area contributed by atoms with E-state index in [2.05, 4.69) is 17.5 Å². The Balaban J connectivity index is 2.05. The van der Waals surface area contributed by atoms with Crippen molar-refractivity contribution < 1.29 is 0 Å². The molecule has 1 aliphatic carbocycles. The van der Waals surface area contributed by atoms with Crippen LogP contribution in [0.1, 0.15) is 25.7 Å². The molecular weight excluding hydrogens is 136 g/mol. The van der Waals surface area contributed by atoms with E-state index in [0.717, 1.165) is 19.5 Å². The number of hydrogen-bond donors (Lipinski definition) is 2. The first kappa shape index (κ1) is 8.75. The lowest BCUT2D eigenvalue weighted by atomic mass is 10.0. The third-order valence-electron chi connectivity index (χ3n) is 2.04. The molecule has 0 aromatic rings. The summed E-state index contributed by atoms with van der Waals surface area (Å²) in [6, 6.07) is 0.621. The van der Waals surface area contributed by atoms with Gasteiger partial charge >= 0.3 is 0 Å². The van der Waals surface area contributed by atoms with Crippen molar-refractivity contribution in [3.8, 4) is 0 Å². The van der Waals surface area contributed by atoms with E-state index in [4.69, 9.17) is 5.73 Å². The fourth-order valence-electron chi connectivity index (χ4n) is 1.37. The summed E-state index contributed by atoms with van der Waals surface area (Å²) in [5.74, 6) is 0. The molecule has 0 heterocycles. The minimum absolute atomic E-state index is 0.621. The Morgan fingerprint density at radius 3 is 3.09 bits per heavy atom. The lowest BCUT2D eigenvalue weighted by molar-refractivity contribution is 0.517. The number of rotatable bonds is 4. The van der Waals surface area contributed by atoms with Crippen molar-refractivity contribution in [1.29, 1.82) is 0 Å². The Labute approximate surface area is 68.9 Å². The number of hydrogen-bond acceptors (Lipinski definition) is 2. The van der Waals surface area contributed by atoms with Gasteiger partial charge in [-0.3, -0.25) is 0 Å². The van der Waals surface area contributed by atoms with Crippen LogP contribution in [-0.2, 0) is 0 Å². The molecule has 1 unspecified atom stereocenters. The Hall–Kier alpha value is -0.340. The summed E-state index contributed by atoms with van der Waals surface area (Å²) in [7, 11) is 0. The molecule has 2 nitrogen and oxygen atoms in total. The van der Waals surface area contributed by atoms with Gasteiger partial charge in [0.25, 0.3) is 0 Å². The van der Waals surface area contributed by atoms with Gasteiger partial charge in [-0.15, -0.1) is 0 Å². The van der Waals surface area contributed by atoms with Gasteiger partial charge in [0, 0.05) is 6.04 Å². The van der Waals surface area contributed by atoms with Gasteiger partial charge in [-0.05, 0) is 38.8 Å². The fourth-order valence-corrected chi connectivity index (χ4v) is 1.37. The number of nitrogens with two attached hydrogens (primary N) is 1. The van der Waals surface area contributed by atoms with E-state index >= 15 is 0 Å². The lowest BCUT2D eigenvalue weighted by Crippen LogP contribution is -2.30. The van der Waals surface area contributed by atoms with Crippen molar-refractivity contribution in [1.82, 2.24) is 5.32 Å². The average Bonchev–Trinajstić information content (AvgIpc) is 2.07. The standard InChI is InChI=1S/C9H18N2/c10-7-4-8-11-9-5-2-1-3-6-9/h2,5,9,11H,1,3-4,6-8,10H2. The molecule has 0 spiro atoms. The van der Waals surface area contributed by atoms with Crippen LogP contribution >= 0.6 is 0 Å². The summed E-state index contributed by atoms with van der Waals surface area (Å²) in [5.41, 5.74) is 5.39. The molecule has 0 amide bonds.